The van der Waals surface area contributed by atoms with Crippen molar-refractivity contribution in [3.05, 3.63) is 61.2 Å². The van der Waals surface area contributed by atoms with Crippen molar-refractivity contribution in [3.8, 4) is 0 Å². The Hall–Kier alpha value is -4.05. The fraction of sp³-hybridized carbons (Fsp3) is 0.628. The molecule has 0 spiro atoms. The van der Waals surface area contributed by atoms with Gasteiger partial charge in [-0.25, -0.2) is 0 Å². The van der Waals surface area contributed by atoms with Gasteiger partial charge in [0.1, 0.15) is 30.2 Å². The van der Waals surface area contributed by atoms with E-state index < -0.39 is 77.3 Å². The largest absolute Gasteiger partial charge is 0.369 e. The summed E-state index contributed by atoms with van der Waals surface area (Å²) in [5.41, 5.74) is -0.536. The summed E-state index contributed by atoms with van der Waals surface area (Å²) in [6.45, 7) is 22.7. The quantitative estimate of drug-likeness (QED) is 0.198. The molecule has 1 aromatic rings. The maximum atomic E-state index is 14.2. The van der Waals surface area contributed by atoms with E-state index >= 15 is 0 Å². The molecule has 1 fully saturated rings. The van der Waals surface area contributed by atoms with Crippen LogP contribution in [0.1, 0.15) is 80.2 Å². The molecule has 5 N–H and O–H groups in total. The van der Waals surface area contributed by atoms with Gasteiger partial charge in [0, 0.05) is 18.8 Å². The van der Waals surface area contributed by atoms with E-state index in [0.717, 1.165) is 5.56 Å². The van der Waals surface area contributed by atoms with Gasteiger partial charge >= 0.3 is 0 Å². The molecule has 9 atom stereocenters. The van der Waals surface area contributed by atoms with Crippen molar-refractivity contribution in [3.63, 3.8) is 0 Å². The van der Waals surface area contributed by atoms with E-state index in [4.69, 9.17) is 14.5 Å². The number of hydrogen-bond acceptors (Lipinski definition) is 10. The number of amides is 5. The lowest BCUT2D eigenvalue weighted by Gasteiger charge is -2.34. The van der Waals surface area contributed by atoms with Crippen LogP contribution < -0.4 is 26.6 Å². The van der Waals surface area contributed by atoms with Gasteiger partial charge in [0.2, 0.25) is 29.5 Å². The number of carbonyl (C=O) groups is 5. The maximum absolute atomic E-state index is 14.2. The molecule has 0 unspecified atom stereocenters. The Morgan fingerprint density at radius 2 is 1.60 bits per heavy atom. The molecule has 4 rings (SSSR count). The zero-order valence-corrected chi connectivity index (χ0v) is 36.3. The highest BCUT2D eigenvalue weighted by molar-refractivity contribution is 8.14. The number of nitrogens with one attached hydrogen (secondary N) is 5. The van der Waals surface area contributed by atoms with Crippen LogP contribution in [0.4, 0.5) is 0 Å². The highest BCUT2D eigenvalue weighted by Crippen LogP contribution is 2.25. The molecule has 58 heavy (non-hydrogen) atoms. The first kappa shape index (κ1) is 46.6. The van der Waals surface area contributed by atoms with Crippen molar-refractivity contribution >= 4 is 46.3 Å². The van der Waals surface area contributed by atoms with Gasteiger partial charge in [-0.15, -0.1) is 24.9 Å². The summed E-state index contributed by atoms with van der Waals surface area (Å²) in [5.74, 6) is -2.03. The smallest absolute Gasteiger partial charge is 0.246 e. The number of nitrogens with zero attached hydrogens (tertiary/aromatic N) is 2. The predicted octanol–water partition coefficient (Wildman–Crippen LogP) is 3.06. The van der Waals surface area contributed by atoms with Gasteiger partial charge in [0.25, 0.3) is 0 Å². The number of aliphatic imine (C=N–C) groups is 1. The summed E-state index contributed by atoms with van der Waals surface area (Å²) in [4.78, 5) is 76.7. The van der Waals surface area contributed by atoms with Gasteiger partial charge in [0.05, 0.1) is 41.0 Å². The van der Waals surface area contributed by atoms with Crippen molar-refractivity contribution in [1.82, 2.24) is 31.5 Å². The van der Waals surface area contributed by atoms with Gasteiger partial charge in [-0.2, -0.15) is 0 Å². The van der Waals surface area contributed by atoms with E-state index in [9.17, 15) is 24.0 Å². The molecule has 0 radical (unpaired) electrons. The van der Waals surface area contributed by atoms with Crippen LogP contribution in [0.25, 0.3) is 0 Å². The fourth-order valence-electron chi connectivity index (χ4n) is 6.98. The van der Waals surface area contributed by atoms with E-state index in [1.54, 1.807) is 19.1 Å². The summed E-state index contributed by atoms with van der Waals surface area (Å²) in [6, 6.07) is 4.05. The van der Waals surface area contributed by atoms with Gasteiger partial charge < -0.3 is 41.0 Å². The lowest BCUT2D eigenvalue weighted by Crippen LogP contribution is -2.61. The highest BCUT2D eigenvalue weighted by atomic mass is 32.2. The van der Waals surface area contributed by atoms with Crippen LogP contribution in [0.5, 0.6) is 0 Å². The average molecular weight is 824 g/mol. The number of ether oxygens (including phenoxy) is 2. The SMILES string of the molecule is C=CC(C)(C)OC[C@H]1NC[C@H]([C@@H](C)OC(C)(C)C=C)NC(=O)[C@@H]2CSC(=N2)[C@@H](Cc2ccccc2)NC(=O)[C@@H]2CCCN2C(=O)[C@H](C)NC(=O)[C@H]([C@@H](C)CC)NC1=O. The number of fused-ring (bicyclic) bond motifs is 2. The van der Waals surface area contributed by atoms with Gasteiger partial charge in [0.15, 0.2) is 0 Å². The molecule has 3 aliphatic heterocycles. The highest BCUT2D eigenvalue weighted by Gasteiger charge is 2.40. The van der Waals surface area contributed by atoms with Crippen molar-refractivity contribution in [2.24, 2.45) is 10.9 Å². The second-order valence-corrected chi connectivity index (χ2v) is 17.7. The second kappa shape index (κ2) is 20.8. The molecule has 1 saturated heterocycles. The molecule has 0 saturated carbocycles. The molecule has 320 valence electrons. The summed E-state index contributed by atoms with van der Waals surface area (Å²) in [5, 5.41) is 16.0. The molecular weight excluding hydrogens is 759 g/mol. The first-order valence-corrected chi connectivity index (χ1v) is 21.5. The van der Waals surface area contributed by atoms with Crippen molar-refractivity contribution in [1.29, 1.82) is 0 Å². The zero-order valence-electron chi connectivity index (χ0n) is 35.5. The Morgan fingerprint density at radius 1 is 0.914 bits per heavy atom. The summed E-state index contributed by atoms with van der Waals surface area (Å²) >= 11 is 1.41. The Morgan fingerprint density at radius 3 is 2.26 bits per heavy atom. The minimum Gasteiger partial charge on any atom is -0.369 e. The third kappa shape index (κ3) is 12.7. The van der Waals surface area contributed by atoms with E-state index in [2.05, 4.69) is 39.7 Å². The molecule has 0 aliphatic carbocycles. The molecule has 2 bridgehead atoms. The summed E-state index contributed by atoms with van der Waals surface area (Å²) in [7, 11) is 0. The Labute approximate surface area is 348 Å². The lowest BCUT2D eigenvalue weighted by molar-refractivity contribution is -0.141. The third-order valence-corrected chi connectivity index (χ3v) is 12.3. The lowest BCUT2D eigenvalue weighted by atomic mass is 9.97. The van der Waals surface area contributed by atoms with Crippen LogP contribution in [0, 0.1) is 5.92 Å². The molecule has 1 aromatic carbocycles. The molecule has 15 heteroatoms. The van der Waals surface area contributed by atoms with Gasteiger partial charge in [-0.3, -0.25) is 29.0 Å². The maximum Gasteiger partial charge on any atom is 0.246 e. The standard InChI is InChI=1S/C43H65N7O7S/c1-11-26(4)35-39(54)45-27(5)41(55)50-21-17-20-34(50)38(53)46-30(22-29-18-15-14-16-19-29)40-48-33(25-58-40)37(52)47-31(28(6)57-43(9,10)13-3)23-44-32(36(51)49-35)24-56-42(7,8)12-2/h12-16,18-19,26-28,30-35,44H,2-3,11,17,20-25H2,1,4-10H3,(H,45,54)(H,46,53)(H,47,52)(H,49,51)/t26-,27-,28+,30+,31+,32+,33-,34-,35-/m0/s1. The third-order valence-electron chi connectivity index (χ3n) is 11.1. The molecule has 0 aromatic heterocycles. The number of hydrogen-bond donors (Lipinski definition) is 5. The Balaban J connectivity index is 1.76. The average Bonchev–Trinajstić information content (AvgIpc) is 3.90. The minimum atomic E-state index is -0.993. The zero-order chi connectivity index (χ0) is 42.8. The van der Waals surface area contributed by atoms with E-state index in [1.807, 2.05) is 78.8 Å². The first-order valence-electron chi connectivity index (χ1n) is 20.5. The van der Waals surface area contributed by atoms with E-state index in [-0.39, 0.29) is 30.9 Å². The minimum absolute atomic E-state index is 0.0855. The second-order valence-electron chi connectivity index (χ2n) is 16.7. The summed E-state index contributed by atoms with van der Waals surface area (Å²) in [6.07, 6.45) is 4.81. The van der Waals surface area contributed by atoms with Crippen LogP contribution in [0.2, 0.25) is 0 Å². The Bertz CT molecular complexity index is 1670. The number of carbonyl (C=O) groups excluding carboxylic acids is 5. The van der Waals surface area contributed by atoms with E-state index in [1.165, 1.54) is 16.7 Å². The van der Waals surface area contributed by atoms with E-state index in [0.29, 0.717) is 43.0 Å². The fourth-order valence-corrected chi connectivity index (χ4v) is 8.08. The molecule has 14 nitrogen and oxygen atoms in total. The van der Waals surface area contributed by atoms with Crippen LogP contribution in [0.15, 0.2) is 60.6 Å². The molecule has 3 heterocycles. The van der Waals surface area contributed by atoms with Crippen molar-refractivity contribution in [2.75, 3.05) is 25.4 Å². The molecule has 5 amide bonds. The number of thioether (sulfide) groups is 1. The monoisotopic (exact) mass is 823 g/mol. The first-order chi connectivity index (χ1) is 27.4. The Kier molecular flexibility index (Phi) is 16.7. The van der Waals surface area contributed by atoms with Crippen LogP contribution >= 0.6 is 11.8 Å². The number of benzene rings is 1. The normalized spacial score (nSPS) is 28.1. The van der Waals surface area contributed by atoms with Crippen LogP contribution in [-0.4, -0.2) is 125 Å². The van der Waals surface area contributed by atoms with Crippen molar-refractivity contribution in [2.45, 2.75) is 141 Å². The van der Waals surface area contributed by atoms with Gasteiger partial charge in [-0.05, 0) is 72.3 Å². The molecule has 3 aliphatic rings. The van der Waals surface area contributed by atoms with Crippen LogP contribution in [0.3, 0.4) is 0 Å². The topological polar surface area (TPSA) is 180 Å². The predicted molar refractivity (Wildman–Crippen MR) is 228 cm³/mol. The number of rotatable bonds is 12. The summed E-state index contributed by atoms with van der Waals surface area (Å²) < 4.78 is 12.5. The van der Waals surface area contributed by atoms with Crippen LogP contribution in [-0.2, 0) is 39.9 Å². The molecular formula is C43H65N7O7S. The van der Waals surface area contributed by atoms with Crippen molar-refractivity contribution < 1.29 is 33.4 Å². The van der Waals surface area contributed by atoms with Gasteiger partial charge in [-0.1, -0.05) is 62.8 Å².